The molecule has 0 saturated carbocycles. The lowest BCUT2D eigenvalue weighted by Crippen LogP contribution is -2.42. The van der Waals surface area contributed by atoms with Crippen molar-refractivity contribution < 1.29 is 42.2 Å². The lowest BCUT2D eigenvalue weighted by atomic mass is 9.78. The molecule has 15 heteroatoms. The Morgan fingerprint density at radius 2 is 1.46 bits per heavy atom. The van der Waals surface area contributed by atoms with Crippen LogP contribution in [-0.4, -0.2) is 46.7 Å². The predicted octanol–water partition coefficient (Wildman–Crippen LogP) is 6.97. The Morgan fingerprint density at radius 1 is 0.808 bits per heavy atom. The molecule has 0 aliphatic rings. The first-order chi connectivity index (χ1) is 24.5. The zero-order valence-electron chi connectivity index (χ0n) is 28.5. The molecule has 6 aromatic rings. The molecule has 0 aliphatic carbocycles. The van der Waals surface area contributed by atoms with Gasteiger partial charge in [0, 0.05) is 30.9 Å². The van der Waals surface area contributed by atoms with Crippen LogP contribution in [0.1, 0.15) is 54.3 Å². The number of hydrogen-bond donors (Lipinski definition) is 4. The van der Waals surface area contributed by atoms with Gasteiger partial charge in [-0.15, -0.1) is 5.10 Å². The first-order valence-corrected chi connectivity index (χ1v) is 19.7. The van der Waals surface area contributed by atoms with Crippen molar-refractivity contribution in [3.63, 3.8) is 0 Å². The topological polar surface area (TPSA) is 168 Å². The summed E-state index contributed by atoms with van der Waals surface area (Å²) in [5.74, 6) is 0.260. The van der Waals surface area contributed by atoms with E-state index >= 15 is 0 Å². The van der Waals surface area contributed by atoms with Gasteiger partial charge in [0.2, 0.25) is 0 Å². The van der Waals surface area contributed by atoms with E-state index in [2.05, 4.69) is 10.3 Å². The third kappa shape index (κ3) is 7.23. The molecule has 272 valence electrons. The van der Waals surface area contributed by atoms with Gasteiger partial charge in [0.25, 0.3) is 0 Å². The number of fused-ring (bicyclic) bond motifs is 2. The maximum atomic E-state index is 14.7. The normalized spacial score (nSPS) is 14.6. The molecule has 2 heterocycles. The molecule has 0 fully saturated rings. The Bertz CT molecular complexity index is 2310. The zero-order chi connectivity index (χ0) is 37.5. The van der Waals surface area contributed by atoms with Crippen molar-refractivity contribution in [1.29, 1.82) is 0 Å². The highest BCUT2D eigenvalue weighted by Gasteiger charge is 2.50. The lowest BCUT2D eigenvalue weighted by molar-refractivity contribution is 0.0564. The predicted molar refractivity (Wildman–Crippen MR) is 193 cm³/mol. The summed E-state index contributed by atoms with van der Waals surface area (Å²) in [6.07, 6.45) is 0.198. The molecule has 11 nitrogen and oxygen atoms in total. The highest BCUT2D eigenvalue weighted by Crippen LogP contribution is 2.59. The van der Waals surface area contributed by atoms with Crippen molar-refractivity contribution in [3.05, 3.63) is 131 Å². The Kier molecular flexibility index (Phi) is 10.3. The van der Waals surface area contributed by atoms with E-state index in [9.17, 15) is 37.5 Å². The van der Waals surface area contributed by atoms with Crippen LogP contribution in [0.25, 0.3) is 21.9 Å². The van der Waals surface area contributed by atoms with Crippen molar-refractivity contribution in [2.45, 2.75) is 50.4 Å². The third-order valence-corrected chi connectivity index (χ3v) is 11.3. The molecule has 2 unspecified atom stereocenters. The van der Waals surface area contributed by atoms with E-state index in [1.165, 1.54) is 12.1 Å². The van der Waals surface area contributed by atoms with E-state index in [1.807, 2.05) is 56.3 Å². The Balaban J connectivity index is 1.61. The summed E-state index contributed by atoms with van der Waals surface area (Å²) in [4.78, 5) is 45.4. The molecule has 0 aliphatic heterocycles. The number of ether oxygens (including phenoxy) is 1. The van der Waals surface area contributed by atoms with Gasteiger partial charge in [0.1, 0.15) is 5.52 Å². The molecule has 0 radical (unpaired) electrons. The van der Waals surface area contributed by atoms with Gasteiger partial charge in [-0.3, -0.25) is 9.13 Å². The Labute approximate surface area is 298 Å². The van der Waals surface area contributed by atoms with Crippen LogP contribution >= 0.6 is 15.2 Å². The van der Waals surface area contributed by atoms with Crippen LogP contribution in [0, 0.1) is 5.92 Å². The fourth-order valence-electron chi connectivity index (χ4n) is 6.76. The van der Waals surface area contributed by atoms with Crippen molar-refractivity contribution in [3.8, 4) is 0 Å². The summed E-state index contributed by atoms with van der Waals surface area (Å²) in [7, 11) is -9.27. The van der Waals surface area contributed by atoms with Gasteiger partial charge >= 0.3 is 20.9 Å². The van der Waals surface area contributed by atoms with Crippen molar-refractivity contribution in [2.75, 3.05) is 7.11 Å². The van der Waals surface area contributed by atoms with E-state index in [1.54, 1.807) is 48.2 Å². The monoisotopic (exact) mass is 750 g/mol. The van der Waals surface area contributed by atoms with Crippen LogP contribution in [0.3, 0.4) is 0 Å². The molecular formula is C37H38F2N4O7P2. The number of methoxy groups -OCH3 is 1. The second-order valence-electron chi connectivity index (χ2n) is 13.3. The maximum Gasteiger partial charge on any atom is 0.399 e. The Morgan fingerprint density at radius 3 is 2.10 bits per heavy atom. The number of nitrogens with zero attached hydrogens (tertiary/aromatic N) is 4. The molecule has 52 heavy (non-hydrogen) atoms. The van der Waals surface area contributed by atoms with Crippen LogP contribution in [0.5, 0.6) is 0 Å². The number of rotatable bonds is 13. The highest BCUT2D eigenvalue weighted by molar-refractivity contribution is 7.61. The molecule has 4 N–H and O–H groups in total. The minimum atomic E-state index is -5.81. The number of benzene rings is 4. The standard InChI is InChI=1S/C37H38F2N4O7P2/c1-24(2)21-33(50-3)31-20-17-26-15-16-27(35(34(26)40-31)51(44,45)46)23-36(28-9-5-4-6-10-28,43-32-12-8-7-11-30(32)41-42-43)22-25-13-18-29(19-14-25)37(38,39)52(47,48)49/h4-20,24,33H,21-23H2,1-3H3,(H2,44,45,46)(H2,47,48,49). The number of hydrogen-bond acceptors (Lipinski definition) is 6. The average Bonchev–Trinajstić information content (AvgIpc) is 3.54. The van der Waals surface area contributed by atoms with Gasteiger partial charge < -0.3 is 24.3 Å². The van der Waals surface area contributed by atoms with Crippen LogP contribution in [0.15, 0.2) is 103 Å². The quantitative estimate of drug-likeness (QED) is 0.0905. The van der Waals surface area contributed by atoms with Crippen LogP contribution in [0.2, 0.25) is 0 Å². The highest BCUT2D eigenvalue weighted by atomic mass is 31.2. The average molecular weight is 751 g/mol. The molecule has 0 bridgehead atoms. The summed E-state index contributed by atoms with van der Waals surface area (Å²) in [5.41, 5.74) is -3.31. The van der Waals surface area contributed by atoms with Gasteiger partial charge in [-0.2, -0.15) is 8.78 Å². The van der Waals surface area contributed by atoms with Gasteiger partial charge in [0.05, 0.1) is 33.7 Å². The molecule has 2 atom stereocenters. The second kappa shape index (κ2) is 14.3. The first kappa shape index (κ1) is 37.6. The molecule has 0 spiro atoms. The Hall–Kier alpha value is -4.19. The molecule has 0 saturated heterocycles. The van der Waals surface area contributed by atoms with E-state index in [4.69, 9.17) is 9.72 Å². The minimum absolute atomic E-state index is 0.0401. The second-order valence-corrected chi connectivity index (χ2v) is 16.5. The van der Waals surface area contributed by atoms with Gasteiger partial charge in [-0.25, -0.2) is 9.67 Å². The number of aromatic nitrogens is 4. The largest absolute Gasteiger partial charge is 0.399 e. The third-order valence-electron chi connectivity index (χ3n) is 9.25. The summed E-state index contributed by atoms with van der Waals surface area (Å²) < 4.78 is 61.9. The number of para-hydroxylation sites is 1. The van der Waals surface area contributed by atoms with E-state index in [0.29, 0.717) is 39.7 Å². The molecular weight excluding hydrogens is 712 g/mol. The summed E-state index contributed by atoms with van der Waals surface area (Å²) in [5, 5.41) is 9.23. The van der Waals surface area contributed by atoms with Gasteiger partial charge in [-0.05, 0) is 47.2 Å². The van der Waals surface area contributed by atoms with E-state index < -0.39 is 38.1 Å². The van der Waals surface area contributed by atoms with Crippen LogP contribution in [-0.2, 0) is 37.9 Å². The van der Waals surface area contributed by atoms with Crippen LogP contribution < -0.4 is 5.30 Å². The maximum absolute atomic E-state index is 14.7. The first-order valence-electron chi connectivity index (χ1n) is 16.5. The molecule has 0 amide bonds. The lowest BCUT2D eigenvalue weighted by Gasteiger charge is -2.36. The zero-order valence-corrected chi connectivity index (χ0v) is 30.3. The molecule has 6 rings (SSSR count). The fourth-order valence-corrected chi connectivity index (χ4v) is 8.23. The minimum Gasteiger partial charge on any atom is -0.375 e. The van der Waals surface area contributed by atoms with E-state index in [-0.39, 0.29) is 35.1 Å². The van der Waals surface area contributed by atoms with E-state index in [0.717, 1.165) is 12.1 Å². The summed E-state index contributed by atoms with van der Waals surface area (Å²) >= 11 is 0. The molecule has 4 aromatic carbocycles. The summed E-state index contributed by atoms with van der Waals surface area (Å²) in [6.45, 7) is 4.08. The van der Waals surface area contributed by atoms with Crippen molar-refractivity contribution >= 4 is 42.4 Å². The van der Waals surface area contributed by atoms with Gasteiger partial charge in [-0.1, -0.05) is 104 Å². The SMILES string of the molecule is COC(CC(C)C)c1ccc2ccc(CC(Cc3ccc(C(F)(F)P(=O)(O)O)cc3)(c3ccccc3)n3nnc4ccccc43)c(P(=O)(O)O)c2n1. The number of halogens is 2. The van der Waals surface area contributed by atoms with Gasteiger partial charge in [0.15, 0.2) is 0 Å². The summed E-state index contributed by atoms with van der Waals surface area (Å²) in [6, 6.07) is 27.9. The smallest absolute Gasteiger partial charge is 0.375 e. The van der Waals surface area contributed by atoms with Crippen molar-refractivity contribution in [2.24, 2.45) is 5.92 Å². The number of alkyl halides is 2. The van der Waals surface area contributed by atoms with Crippen LogP contribution in [0.4, 0.5) is 8.78 Å². The number of pyridine rings is 1. The fraction of sp³-hybridized carbons (Fsp3) is 0.270. The molecule has 2 aromatic heterocycles. The van der Waals surface area contributed by atoms with Crippen molar-refractivity contribution in [1.82, 2.24) is 20.0 Å².